The maximum Gasteiger partial charge on any atom is 0.288 e. The van der Waals surface area contributed by atoms with Gasteiger partial charge in [0.15, 0.2) is 0 Å². The van der Waals surface area contributed by atoms with E-state index < -0.39 is 5.91 Å². The van der Waals surface area contributed by atoms with Gasteiger partial charge in [0.1, 0.15) is 18.0 Å². The van der Waals surface area contributed by atoms with Crippen LogP contribution in [0.1, 0.15) is 53.5 Å². The molecule has 0 unspecified atom stereocenters. The summed E-state index contributed by atoms with van der Waals surface area (Å²) in [7, 11) is 1.85. The number of amides is 2. The average Bonchev–Trinajstić information content (AvgIpc) is 3.37. The van der Waals surface area contributed by atoms with Gasteiger partial charge >= 0.3 is 0 Å². The number of hydrogen-bond donors (Lipinski definition) is 1. The Labute approximate surface area is 178 Å². The number of anilines is 1. The fourth-order valence-corrected chi connectivity index (χ4v) is 3.38. The van der Waals surface area contributed by atoms with E-state index in [1.165, 1.54) is 41.7 Å². The van der Waals surface area contributed by atoms with Gasteiger partial charge in [0.25, 0.3) is 5.91 Å². The largest absolute Gasteiger partial charge is 0.363 e. The number of benzene rings is 1. The van der Waals surface area contributed by atoms with Crippen LogP contribution < -0.4 is 10.6 Å². The number of nitrogens with zero attached hydrogens (tertiary/aromatic N) is 6. The number of carbonyl (C=O) groups is 2. The van der Waals surface area contributed by atoms with E-state index in [0.29, 0.717) is 18.9 Å². The van der Waals surface area contributed by atoms with Crippen molar-refractivity contribution in [2.24, 2.45) is 5.73 Å². The molecule has 2 N–H and O–H groups in total. The molecule has 162 valence electrons. The first kappa shape index (κ1) is 20.7. The van der Waals surface area contributed by atoms with E-state index in [0.717, 1.165) is 24.3 Å². The highest BCUT2D eigenvalue weighted by Gasteiger charge is 2.29. The van der Waals surface area contributed by atoms with Crippen molar-refractivity contribution < 1.29 is 14.0 Å². The molecule has 0 atom stereocenters. The summed E-state index contributed by atoms with van der Waals surface area (Å²) >= 11 is 0. The lowest BCUT2D eigenvalue weighted by Gasteiger charge is -2.13. The van der Waals surface area contributed by atoms with Crippen molar-refractivity contribution in [3.05, 3.63) is 59.6 Å². The fourth-order valence-electron chi connectivity index (χ4n) is 3.38. The maximum atomic E-state index is 12.6. The van der Waals surface area contributed by atoms with Crippen LogP contribution >= 0.6 is 0 Å². The Morgan fingerprint density at radius 1 is 1.23 bits per heavy atom. The smallest absolute Gasteiger partial charge is 0.288 e. The third kappa shape index (κ3) is 4.96. The van der Waals surface area contributed by atoms with E-state index in [1.807, 2.05) is 11.7 Å². The highest BCUT2D eigenvalue weighted by atomic mass is 19.1. The molecule has 1 aliphatic carbocycles. The Morgan fingerprint density at radius 2 is 1.97 bits per heavy atom. The lowest BCUT2D eigenvalue weighted by Crippen LogP contribution is -2.25. The third-order valence-corrected chi connectivity index (χ3v) is 5.27. The average molecular weight is 425 g/mol. The van der Waals surface area contributed by atoms with Crippen molar-refractivity contribution in [1.29, 1.82) is 0 Å². The molecule has 3 aromatic rings. The summed E-state index contributed by atoms with van der Waals surface area (Å²) in [6.07, 6.45) is 5.46. The van der Waals surface area contributed by atoms with Crippen LogP contribution in [0.3, 0.4) is 0 Å². The van der Waals surface area contributed by atoms with Gasteiger partial charge in [-0.2, -0.15) is 5.10 Å². The summed E-state index contributed by atoms with van der Waals surface area (Å²) in [5.41, 5.74) is 7.05. The molecule has 1 saturated carbocycles. The van der Waals surface area contributed by atoms with E-state index in [2.05, 4.69) is 21.2 Å². The maximum absolute atomic E-state index is 12.6. The van der Waals surface area contributed by atoms with Crippen LogP contribution in [0.4, 0.5) is 10.2 Å². The van der Waals surface area contributed by atoms with Gasteiger partial charge < -0.3 is 10.6 Å². The Hall–Kier alpha value is -3.56. The molecule has 3 heterocycles. The first-order valence-electron chi connectivity index (χ1n) is 10.2. The van der Waals surface area contributed by atoms with Crippen molar-refractivity contribution >= 4 is 17.6 Å². The minimum Gasteiger partial charge on any atom is -0.363 e. The minimum atomic E-state index is -0.669. The number of fused-ring (bicyclic) bond motifs is 1. The normalized spacial score (nSPS) is 15.7. The van der Waals surface area contributed by atoms with Crippen LogP contribution in [0.25, 0.3) is 0 Å². The SMILES string of the molecule is CN1C(=O)CCCn2nc(C3CC3)cc21.NC(=O)c1ncn(Cc2ccc(F)cc2)n1. The van der Waals surface area contributed by atoms with Crippen LogP contribution in [-0.2, 0) is 17.9 Å². The van der Waals surface area contributed by atoms with Gasteiger partial charge in [-0.05, 0) is 37.0 Å². The molecular weight excluding hydrogens is 401 g/mol. The van der Waals surface area contributed by atoms with Gasteiger partial charge in [-0.15, -0.1) is 5.10 Å². The Kier molecular flexibility index (Phi) is 5.79. The monoisotopic (exact) mass is 425 g/mol. The molecule has 0 bridgehead atoms. The zero-order chi connectivity index (χ0) is 22.0. The van der Waals surface area contributed by atoms with Crippen molar-refractivity contribution in [3.63, 3.8) is 0 Å². The van der Waals surface area contributed by atoms with E-state index in [-0.39, 0.29) is 17.5 Å². The molecular formula is C21H24FN7O2. The molecule has 9 nitrogen and oxygen atoms in total. The molecule has 1 aliphatic heterocycles. The topological polar surface area (TPSA) is 112 Å². The number of rotatable bonds is 4. The molecule has 0 radical (unpaired) electrons. The van der Waals surface area contributed by atoms with Crippen molar-refractivity contribution in [2.75, 3.05) is 11.9 Å². The van der Waals surface area contributed by atoms with Crippen LogP contribution in [0, 0.1) is 5.82 Å². The van der Waals surface area contributed by atoms with Crippen molar-refractivity contribution in [3.8, 4) is 0 Å². The van der Waals surface area contributed by atoms with Gasteiger partial charge in [-0.1, -0.05) is 12.1 Å². The number of carbonyl (C=O) groups excluding carboxylic acids is 2. The van der Waals surface area contributed by atoms with E-state index in [1.54, 1.807) is 17.0 Å². The molecule has 31 heavy (non-hydrogen) atoms. The van der Waals surface area contributed by atoms with E-state index in [4.69, 9.17) is 5.73 Å². The van der Waals surface area contributed by atoms with Gasteiger partial charge in [-0.25, -0.2) is 18.7 Å². The molecule has 0 saturated heterocycles. The number of aryl methyl sites for hydroxylation is 1. The second kappa shape index (κ2) is 8.66. The summed E-state index contributed by atoms with van der Waals surface area (Å²) < 4.78 is 16.1. The Morgan fingerprint density at radius 3 is 2.61 bits per heavy atom. The molecule has 10 heteroatoms. The number of primary amides is 1. The molecule has 2 aliphatic rings. The predicted molar refractivity (Wildman–Crippen MR) is 111 cm³/mol. The third-order valence-electron chi connectivity index (χ3n) is 5.27. The molecule has 2 aromatic heterocycles. The second-order valence-electron chi connectivity index (χ2n) is 7.74. The fraction of sp³-hybridized carbons (Fsp3) is 0.381. The zero-order valence-electron chi connectivity index (χ0n) is 17.2. The van der Waals surface area contributed by atoms with Crippen molar-refractivity contribution in [1.82, 2.24) is 24.5 Å². The summed E-state index contributed by atoms with van der Waals surface area (Å²) in [6.45, 7) is 1.29. The lowest BCUT2D eigenvalue weighted by molar-refractivity contribution is -0.118. The molecule has 1 aromatic carbocycles. The minimum absolute atomic E-state index is 0.0258. The molecule has 1 fully saturated rings. The van der Waals surface area contributed by atoms with E-state index >= 15 is 0 Å². The standard InChI is InChI=1S/C11H15N3O.C10H9FN4O/c1-13-10-7-9(8-4-5-8)12-14(10)6-2-3-11(13)15;11-8-3-1-7(2-4-8)5-15-6-13-10(14-15)9(12)16/h7-8H,2-6H2,1H3;1-4,6H,5H2,(H2,12,16). The van der Waals surface area contributed by atoms with Crippen LogP contribution in [0.2, 0.25) is 0 Å². The quantitative estimate of drug-likeness (QED) is 0.688. The summed E-state index contributed by atoms with van der Waals surface area (Å²) in [4.78, 5) is 27.9. The van der Waals surface area contributed by atoms with Gasteiger partial charge in [0, 0.05) is 32.0 Å². The highest BCUT2D eigenvalue weighted by molar-refractivity contribution is 5.92. The van der Waals surface area contributed by atoms with Gasteiger partial charge in [0.05, 0.1) is 12.2 Å². The first-order valence-corrected chi connectivity index (χ1v) is 10.2. The predicted octanol–water partition coefficient (Wildman–Crippen LogP) is 2.08. The van der Waals surface area contributed by atoms with Gasteiger partial charge in [0.2, 0.25) is 11.7 Å². The lowest BCUT2D eigenvalue weighted by atomic mass is 10.2. The van der Waals surface area contributed by atoms with E-state index in [9.17, 15) is 14.0 Å². The molecule has 0 spiro atoms. The van der Waals surface area contributed by atoms with Crippen LogP contribution in [-0.4, -0.2) is 43.4 Å². The molecule has 5 rings (SSSR count). The number of hydrogen-bond acceptors (Lipinski definition) is 5. The molecule has 2 amide bonds. The summed E-state index contributed by atoms with van der Waals surface area (Å²) in [6, 6.07) is 8.09. The Bertz CT molecular complexity index is 1090. The van der Waals surface area contributed by atoms with Crippen LogP contribution in [0.5, 0.6) is 0 Å². The number of nitrogens with two attached hydrogens (primary N) is 1. The summed E-state index contributed by atoms with van der Waals surface area (Å²) in [5.74, 6) is 0.850. The number of aromatic nitrogens is 5. The van der Waals surface area contributed by atoms with Gasteiger partial charge in [-0.3, -0.25) is 9.59 Å². The highest BCUT2D eigenvalue weighted by Crippen LogP contribution is 2.40. The Balaban J connectivity index is 0.000000149. The van der Waals surface area contributed by atoms with Crippen LogP contribution in [0.15, 0.2) is 36.7 Å². The second-order valence-corrected chi connectivity index (χ2v) is 7.74. The summed E-state index contributed by atoms with van der Waals surface area (Å²) in [5, 5.41) is 8.45. The van der Waals surface area contributed by atoms with Crippen molar-refractivity contribution in [2.45, 2.75) is 44.7 Å². The zero-order valence-corrected chi connectivity index (χ0v) is 17.2. The first-order chi connectivity index (χ1) is 14.9. The number of halogens is 1.